The SMILES string of the molecule is COC(=O)CCS(=O)(=O)Nc1ccc(N)cn1. The summed E-state index contributed by atoms with van der Waals surface area (Å²) in [4.78, 5) is 14.6. The third-order valence-electron chi connectivity index (χ3n) is 1.85. The summed E-state index contributed by atoms with van der Waals surface area (Å²) in [7, 11) is -2.41. The van der Waals surface area contributed by atoms with Crippen LogP contribution in [0.15, 0.2) is 18.3 Å². The number of nitrogens with two attached hydrogens (primary N) is 1. The van der Waals surface area contributed by atoms with Crippen molar-refractivity contribution in [2.24, 2.45) is 0 Å². The number of rotatable bonds is 5. The molecule has 1 aromatic rings. The first-order chi connectivity index (χ1) is 7.93. The maximum absolute atomic E-state index is 11.5. The normalized spacial score (nSPS) is 10.9. The third-order valence-corrected chi connectivity index (χ3v) is 3.11. The maximum atomic E-state index is 11.5. The zero-order valence-electron chi connectivity index (χ0n) is 9.21. The van der Waals surface area contributed by atoms with Gasteiger partial charge in [0.1, 0.15) is 5.82 Å². The number of nitrogen functional groups attached to an aromatic ring is 1. The maximum Gasteiger partial charge on any atom is 0.306 e. The number of esters is 1. The van der Waals surface area contributed by atoms with Crippen molar-refractivity contribution in [1.29, 1.82) is 0 Å². The average Bonchev–Trinajstić information content (AvgIpc) is 2.29. The molecule has 0 fully saturated rings. The zero-order chi connectivity index (χ0) is 12.9. The second kappa shape index (κ2) is 5.48. The molecule has 94 valence electrons. The lowest BCUT2D eigenvalue weighted by molar-refractivity contribution is -0.140. The van der Waals surface area contributed by atoms with Gasteiger partial charge in [-0.25, -0.2) is 13.4 Å². The molecule has 0 aliphatic carbocycles. The molecule has 3 N–H and O–H groups in total. The van der Waals surface area contributed by atoms with E-state index in [9.17, 15) is 13.2 Å². The highest BCUT2D eigenvalue weighted by molar-refractivity contribution is 7.92. The summed E-state index contributed by atoms with van der Waals surface area (Å²) in [5.74, 6) is -0.782. The number of nitrogens with one attached hydrogen (secondary N) is 1. The van der Waals surface area contributed by atoms with Gasteiger partial charge in [-0.05, 0) is 12.1 Å². The van der Waals surface area contributed by atoms with Gasteiger partial charge in [0.05, 0.1) is 31.2 Å². The second-order valence-corrected chi connectivity index (χ2v) is 5.07. The van der Waals surface area contributed by atoms with Gasteiger partial charge in [-0.1, -0.05) is 0 Å². The molecule has 0 aliphatic heterocycles. The number of hydrogen-bond acceptors (Lipinski definition) is 6. The lowest BCUT2D eigenvalue weighted by Gasteiger charge is -2.06. The molecule has 0 saturated carbocycles. The lowest BCUT2D eigenvalue weighted by Crippen LogP contribution is -2.20. The molecular weight excluding hydrogens is 246 g/mol. The number of sulfonamides is 1. The number of anilines is 2. The van der Waals surface area contributed by atoms with E-state index in [1.165, 1.54) is 25.4 Å². The molecule has 0 unspecified atom stereocenters. The number of ether oxygens (including phenoxy) is 1. The van der Waals surface area contributed by atoms with Crippen LogP contribution in [-0.4, -0.2) is 32.2 Å². The third kappa shape index (κ3) is 4.68. The van der Waals surface area contributed by atoms with Crippen molar-refractivity contribution >= 4 is 27.5 Å². The van der Waals surface area contributed by atoms with E-state index in [2.05, 4.69) is 14.4 Å². The number of carbonyl (C=O) groups is 1. The quantitative estimate of drug-likeness (QED) is 0.718. The zero-order valence-corrected chi connectivity index (χ0v) is 10.0. The van der Waals surface area contributed by atoms with Crippen LogP contribution in [0.4, 0.5) is 11.5 Å². The summed E-state index contributed by atoms with van der Waals surface area (Å²) in [6.07, 6.45) is 1.12. The van der Waals surface area contributed by atoms with Crippen LogP contribution in [0.1, 0.15) is 6.42 Å². The molecule has 1 heterocycles. The van der Waals surface area contributed by atoms with Crippen LogP contribution >= 0.6 is 0 Å². The number of carbonyl (C=O) groups excluding carboxylic acids is 1. The van der Waals surface area contributed by atoms with Crippen molar-refractivity contribution in [2.45, 2.75) is 6.42 Å². The minimum absolute atomic E-state index is 0.157. The Hall–Kier alpha value is -1.83. The van der Waals surface area contributed by atoms with E-state index in [4.69, 9.17) is 5.73 Å². The van der Waals surface area contributed by atoms with E-state index in [1.807, 2.05) is 0 Å². The highest BCUT2D eigenvalue weighted by Gasteiger charge is 2.14. The standard InChI is InChI=1S/C9H13N3O4S/c1-16-9(13)4-5-17(14,15)12-8-3-2-7(10)6-11-8/h2-3,6H,4-5,10H2,1H3,(H,11,12). The van der Waals surface area contributed by atoms with Gasteiger partial charge in [-0.3, -0.25) is 9.52 Å². The van der Waals surface area contributed by atoms with Crippen LogP contribution in [0, 0.1) is 0 Å². The average molecular weight is 259 g/mol. The minimum atomic E-state index is -3.61. The molecule has 0 bridgehead atoms. The lowest BCUT2D eigenvalue weighted by atomic mass is 10.4. The van der Waals surface area contributed by atoms with Gasteiger partial charge in [0.15, 0.2) is 0 Å². The first-order valence-corrected chi connectivity index (χ1v) is 6.37. The Morgan fingerprint density at radius 3 is 2.76 bits per heavy atom. The van der Waals surface area contributed by atoms with Crippen LogP contribution < -0.4 is 10.5 Å². The Kier molecular flexibility index (Phi) is 4.27. The Morgan fingerprint density at radius 2 is 2.24 bits per heavy atom. The smallest absolute Gasteiger partial charge is 0.306 e. The van der Waals surface area contributed by atoms with Crippen molar-refractivity contribution in [3.8, 4) is 0 Å². The molecule has 0 radical (unpaired) electrons. The van der Waals surface area contributed by atoms with Crippen molar-refractivity contribution in [1.82, 2.24) is 4.98 Å². The fourth-order valence-corrected chi connectivity index (χ4v) is 1.97. The van der Waals surface area contributed by atoms with Gasteiger partial charge in [0.2, 0.25) is 10.0 Å². The van der Waals surface area contributed by atoms with E-state index in [1.54, 1.807) is 0 Å². The first kappa shape index (κ1) is 13.2. The van der Waals surface area contributed by atoms with E-state index < -0.39 is 16.0 Å². The van der Waals surface area contributed by atoms with Gasteiger partial charge in [-0.15, -0.1) is 0 Å². The predicted octanol–water partition coefficient (Wildman–Crippen LogP) is -0.0314. The Bertz CT molecular complexity index is 483. The Labute approximate surface area is 99.0 Å². The van der Waals surface area contributed by atoms with Crippen LogP contribution in [0.5, 0.6) is 0 Å². The van der Waals surface area contributed by atoms with Gasteiger partial charge >= 0.3 is 5.97 Å². The summed E-state index contributed by atoms with van der Waals surface area (Å²) in [5, 5.41) is 0. The van der Waals surface area contributed by atoms with Crippen LogP contribution in [0.2, 0.25) is 0 Å². The molecule has 1 rings (SSSR count). The van der Waals surface area contributed by atoms with Crippen LogP contribution in [-0.2, 0) is 19.6 Å². The summed E-state index contributed by atoms with van der Waals surface area (Å²) in [5.41, 5.74) is 5.84. The van der Waals surface area contributed by atoms with Crippen molar-refractivity contribution in [3.05, 3.63) is 18.3 Å². The Morgan fingerprint density at radius 1 is 1.53 bits per heavy atom. The van der Waals surface area contributed by atoms with E-state index >= 15 is 0 Å². The molecule has 0 saturated heterocycles. The monoisotopic (exact) mass is 259 g/mol. The molecule has 0 amide bonds. The van der Waals surface area contributed by atoms with Gasteiger partial charge in [-0.2, -0.15) is 0 Å². The molecule has 17 heavy (non-hydrogen) atoms. The summed E-state index contributed by atoms with van der Waals surface area (Å²) in [6, 6.07) is 2.95. The molecule has 1 aromatic heterocycles. The van der Waals surface area contributed by atoms with Gasteiger partial charge < -0.3 is 10.5 Å². The van der Waals surface area contributed by atoms with Gasteiger partial charge in [0, 0.05) is 0 Å². The summed E-state index contributed by atoms with van der Waals surface area (Å²) >= 11 is 0. The second-order valence-electron chi connectivity index (χ2n) is 3.22. The Balaban J connectivity index is 2.60. The van der Waals surface area contributed by atoms with E-state index in [0.717, 1.165) is 0 Å². The fraction of sp³-hybridized carbons (Fsp3) is 0.333. The van der Waals surface area contributed by atoms with E-state index in [0.29, 0.717) is 5.69 Å². The topological polar surface area (TPSA) is 111 Å². The van der Waals surface area contributed by atoms with Crippen molar-refractivity contribution in [3.63, 3.8) is 0 Å². The number of nitrogens with zero attached hydrogens (tertiary/aromatic N) is 1. The van der Waals surface area contributed by atoms with Crippen LogP contribution in [0.3, 0.4) is 0 Å². The van der Waals surface area contributed by atoms with Gasteiger partial charge in [0.25, 0.3) is 0 Å². The summed E-state index contributed by atoms with van der Waals surface area (Å²) < 4.78 is 29.6. The van der Waals surface area contributed by atoms with Crippen molar-refractivity contribution in [2.75, 3.05) is 23.3 Å². The molecule has 0 atom stereocenters. The molecule has 0 spiro atoms. The number of hydrogen-bond donors (Lipinski definition) is 2. The van der Waals surface area contributed by atoms with Crippen LogP contribution in [0.25, 0.3) is 0 Å². The highest BCUT2D eigenvalue weighted by atomic mass is 32.2. The molecule has 8 heteroatoms. The van der Waals surface area contributed by atoms with E-state index in [-0.39, 0.29) is 18.0 Å². The number of aromatic nitrogens is 1. The highest BCUT2D eigenvalue weighted by Crippen LogP contribution is 2.08. The fourth-order valence-electron chi connectivity index (χ4n) is 0.996. The number of pyridine rings is 1. The molecule has 7 nitrogen and oxygen atoms in total. The predicted molar refractivity (Wildman–Crippen MR) is 62.7 cm³/mol. The number of methoxy groups -OCH3 is 1. The first-order valence-electron chi connectivity index (χ1n) is 4.72. The molecular formula is C9H13N3O4S. The molecule has 0 aliphatic rings. The minimum Gasteiger partial charge on any atom is -0.469 e. The summed E-state index contributed by atoms with van der Waals surface area (Å²) in [6.45, 7) is 0. The largest absolute Gasteiger partial charge is 0.469 e. The molecule has 0 aromatic carbocycles. The van der Waals surface area contributed by atoms with Crippen molar-refractivity contribution < 1.29 is 17.9 Å².